The maximum absolute atomic E-state index is 11.6. The Labute approximate surface area is 108 Å². The molecule has 0 unspecified atom stereocenters. The number of ether oxygens (including phenoxy) is 2. The summed E-state index contributed by atoms with van der Waals surface area (Å²) >= 11 is 0. The average Bonchev–Trinajstić information content (AvgIpc) is 2.80. The Kier molecular flexibility index (Phi) is 4.02. The van der Waals surface area contributed by atoms with E-state index in [-0.39, 0.29) is 24.1 Å². The number of rotatable bonds is 3. The quantitative estimate of drug-likeness (QED) is 0.771. The highest BCUT2D eigenvalue weighted by atomic mass is 16.5. The van der Waals surface area contributed by atoms with Gasteiger partial charge in [-0.3, -0.25) is 4.79 Å². The predicted octanol–water partition coefficient (Wildman–Crippen LogP) is 2.96. The van der Waals surface area contributed by atoms with E-state index in [1.165, 1.54) is 12.7 Å². The molecule has 1 heterocycles. The number of methoxy groups -OCH3 is 1. The van der Waals surface area contributed by atoms with Crippen molar-refractivity contribution in [3.8, 4) is 0 Å². The first-order valence-corrected chi connectivity index (χ1v) is 6.41. The van der Waals surface area contributed by atoms with Crippen LogP contribution >= 0.6 is 0 Å². The fourth-order valence-electron chi connectivity index (χ4n) is 2.66. The monoisotopic (exact) mass is 248 g/mol. The number of esters is 1. The Morgan fingerprint density at radius 2 is 2.06 bits per heavy atom. The molecule has 1 fully saturated rings. The van der Waals surface area contributed by atoms with Crippen LogP contribution in [0.15, 0.2) is 30.3 Å². The molecule has 0 amide bonds. The molecule has 3 heteroatoms. The van der Waals surface area contributed by atoms with Gasteiger partial charge in [0.15, 0.2) is 0 Å². The molecule has 1 aliphatic heterocycles. The lowest BCUT2D eigenvalue weighted by atomic mass is 9.91. The minimum atomic E-state index is -0.210. The molecule has 0 saturated carbocycles. The van der Waals surface area contributed by atoms with Crippen molar-refractivity contribution in [1.29, 1.82) is 0 Å². The Bertz CT molecular complexity index is 401. The second-order valence-corrected chi connectivity index (χ2v) is 5.02. The molecule has 98 valence electrons. The Morgan fingerprint density at radius 1 is 1.39 bits per heavy atom. The summed E-state index contributed by atoms with van der Waals surface area (Å²) in [6.07, 6.45) is 0.997. The molecule has 0 aromatic heterocycles. The summed E-state index contributed by atoms with van der Waals surface area (Å²) in [7, 11) is 1.42. The van der Waals surface area contributed by atoms with Gasteiger partial charge in [-0.05, 0) is 24.8 Å². The van der Waals surface area contributed by atoms with Crippen LogP contribution in [0.3, 0.4) is 0 Å². The molecule has 0 spiro atoms. The van der Waals surface area contributed by atoms with Crippen LogP contribution in [0.25, 0.3) is 0 Å². The summed E-state index contributed by atoms with van der Waals surface area (Å²) in [6.45, 7) is 4.01. The van der Waals surface area contributed by atoms with E-state index in [1.807, 2.05) is 25.1 Å². The van der Waals surface area contributed by atoms with Crippen molar-refractivity contribution in [2.75, 3.05) is 7.11 Å². The van der Waals surface area contributed by atoms with Crippen molar-refractivity contribution in [2.45, 2.75) is 32.5 Å². The van der Waals surface area contributed by atoms with Crippen molar-refractivity contribution in [2.24, 2.45) is 11.8 Å². The Balaban J connectivity index is 2.07. The summed E-state index contributed by atoms with van der Waals surface area (Å²) in [6, 6.07) is 10.2. The van der Waals surface area contributed by atoms with Gasteiger partial charge in [0.05, 0.1) is 25.2 Å². The van der Waals surface area contributed by atoms with E-state index in [9.17, 15) is 4.79 Å². The fourth-order valence-corrected chi connectivity index (χ4v) is 2.66. The standard InChI is InChI=1S/C15H20O3/c1-10-9-13(12-7-5-4-6-8-12)18-14(10)11(2)15(16)17-3/h4-8,10-11,13-14H,9H2,1-3H3/t10-,11-,13-,14-/m1/s1. The van der Waals surface area contributed by atoms with Gasteiger partial charge < -0.3 is 9.47 Å². The third kappa shape index (κ3) is 2.56. The lowest BCUT2D eigenvalue weighted by molar-refractivity contribution is -0.150. The van der Waals surface area contributed by atoms with Gasteiger partial charge in [0.25, 0.3) is 0 Å². The number of carbonyl (C=O) groups excluding carboxylic acids is 1. The average molecular weight is 248 g/mol. The van der Waals surface area contributed by atoms with Crippen molar-refractivity contribution in [3.05, 3.63) is 35.9 Å². The number of hydrogen-bond donors (Lipinski definition) is 0. The van der Waals surface area contributed by atoms with Crippen LogP contribution in [-0.2, 0) is 14.3 Å². The molecular formula is C15H20O3. The summed E-state index contributed by atoms with van der Waals surface area (Å²) in [5.41, 5.74) is 1.18. The maximum Gasteiger partial charge on any atom is 0.311 e. The molecule has 0 aliphatic carbocycles. The van der Waals surface area contributed by atoms with Crippen LogP contribution in [0.1, 0.15) is 31.9 Å². The zero-order valence-corrected chi connectivity index (χ0v) is 11.1. The fraction of sp³-hybridized carbons (Fsp3) is 0.533. The first-order valence-electron chi connectivity index (χ1n) is 6.41. The van der Waals surface area contributed by atoms with Gasteiger partial charge in [-0.15, -0.1) is 0 Å². The molecule has 1 aromatic rings. The van der Waals surface area contributed by atoms with Crippen LogP contribution in [0.4, 0.5) is 0 Å². The molecule has 0 N–H and O–H groups in total. The molecule has 18 heavy (non-hydrogen) atoms. The third-order valence-corrected chi connectivity index (χ3v) is 3.71. The lowest BCUT2D eigenvalue weighted by Crippen LogP contribution is -2.30. The molecule has 0 bridgehead atoms. The van der Waals surface area contributed by atoms with Crippen molar-refractivity contribution in [3.63, 3.8) is 0 Å². The van der Waals surface area contributed by atoms with E-state index < -0.39 is 0 Å². The molecule has 1 aliphatic rings. The summed E-state index contributed by atoms with van der Waals surface area (Å²) in [5, 5.41) is 0. The maximum atomic E-state index is 11.6. The molecule has 4 atom stereocenters. The smallest absolute Gasteiger partial charge is 0.311 e. The zero-order chi connectivity index (χ0) is 13.1. The normalized spacial score (nSPS) is 28.9. The molecular weight excluding hydrogens is 228 g/mol. The number of hydrogen-bond acceptors (Lipinski definition) is 3. The van der Waals surface area contributed by atoms with Gasteiger partial charge in [-0.2, -0.15) is 0 Å². The topological polar surface area (TPSA) is 35.5 Å². The van der Waals surface area contributed by atoms with Crippen LogP contribution in [0, 0.1) is 11.8 Å². The van der Waals surface area contributed by atoms with Gasteiger partial charge in [0.2, 0.25) is 0 Å². The van der Waals surface area contributed by atoms with E-state index >= 15 is 0 Å². The minimum Gasteiger partial charge on any atom is -0.469 e. The predicted molar refractivity (Wildman–Crippen MR) is 69.0 cm³/mol. The third-order valence-electron chi connectivity index (χ3n) is 3.71. The van der Waals surface area contributed by atoms with Crippen molar-refractivity contribution in [1.82, 2.24) is 0 Å². The zero-order valence-electron chi connectivity index (χ0n) is 11.1. The first kappa shape index (κ1) is 13.1. The van der Waals surface area contributed by atoms with E-state index in [1.54, 1.807) is 0 Å². The number of benzene rings is 1. The summed E-state index contributed by atoms with van der Waals surface area (Å²) in [5.74, 6) is -0.0384. The van der Waals surface area contributed by atoms with Crippen LogP contribution in [-0.4, -0.2) is 19.2 Å². The molecule has 1 aromatic carbocycles. The van der Waals surface area contributed by atoms with E-state index in [0.29, 0.717) is 5.92 Å². The van der Waals surface area contributed by atoms with Crippen LogP contribution < -0.4 is 0 Å². The second-order valence-electron chi connectivity index (χ2n) is 5.02. The lowest BCUT2D eigenvalue weighted by Gasteiger charge is -2.21. The highest BCUT2D eigenvalue weighted by Gasteiger charge is 2.39. The molecule has 3 nitrogen and oxygen atoms in total. The molecule has 1 saturated heterocycles. The van der Waals surface area contributed by atoms with Crippen LogP contribution in [0.5, 0.6) is 0 Å². The summed E-state index contributed by atoms with van der Waals surface area (Å²) < 4.78 is 10.8. The largest absolute Gasteiger partial charge is 0.469 e. The van der Waals surface area contributed by atoms with Gasteiger partial charge >= 0.3 is 5.97 Å². The molecule has 2 rings (SSSR count). The highest BCUT2D eigenvalue weighted by molar-refractivity contribution is 5.72. The van der Waals surface area contributed by atoms with Gasteiger partial charge in [0.1, 0.15) is 0 Å². The second kappa shape index (κ2) is 5.53. The van der Waals surface area contributed by atoms with Gasteiger partial charge in [0, 0.05) is 0 Å². The minimum absolute atomic E-state index is 0.0531. The highest BCUT2D eigenvalue weighted by Crippen LogP contribution is 2.39. The Morgan fingerprint density at radius 3 is 2.67 bits per heavy atom. The first-order chi connectivity index (χ1) is 8.63. The van der Waals surface area contributed by atoms with Crippen LogP contribution in [0.2, 0.25) is 0 Å². The van der Waals surface area contributed by atoms with Crippen molar-refractivity contribution < 1.29 is 14.3 Å². The van der Waals surface area contributed by atoms with E-state index in [4.69, 9.17) is 9.47 Å². The van der Waals surface area contributed by atoms with Gasteiger partial charge in [-0.1, -0.05) is 37.3 Å². The van der Waals surface area contributed by atoms with E-state index in [2.05, 4.69) is 19.1 Å². The van der Waals surface area contributed by atoms with Gasteiger partial charge in [-0.25, -0.2) is 0 Å². The van der Waals surface area contributed by atoms with Crippen molar-refractivity contribution >= 4 is 5.97 Å². The Hall–Kier alpha value is -1.35. The van der Waals surface area contributed by atoms with E-state index in [0.717, 1.165) is 6.42 Å². The molecule has 0 radical (unpaired) electrons. The summed E-state index contributed by atoms with van der Waals surface area (Å²) in [4.78, 5) is 11.6. The number of carbonyl (C=O) groups is 1. The SMILES string of the molecule is COC(=O)[C@H](C)[C@@H]1O[C@@H](c2ccccc2)C[C@H]1C.